The maximum Gasteiger partial charge on any atom is 0.217 e. The Labute approximate surface area is 165 Å². The van der Waals surface area contributed by atoms with E-state index in [1.165, 1.54) is 45.2 Å². The number of unbranched alkanes of at least 4 members (excludes halogenated alkanes) is 4. The minimum absolute atomic E-state index is 0.0360. The SMILES string of the molecule is CCCCCCCC(N)=O.CCc1ccc(CCCN2CCCC2)cc1F. The van der Waals surface area contributed by atoms with Gasteiger partial charge in [-0.3, -0.25) is 4.79 Å². The average Bonchev–Trinajstić information content (AvgIpc) is 3.15. The van der Waals surface area contributed by atoms with Crippen molar-refractivity contribution in [3.63, 3.8) is 0 Å². The quantitative estimate of drug-likeness (QED) is 0.535. The van der Waals surface area contributed by atoms with Crippen molar-refractivity contribution >= 4 is 5.91 Å². The summed E-state index contributed by atoms with van der Waals surface area (Å²) >= 11 is 0. The molecule has 2 rings (SSSR count). The standard InChI is InChI=1S/C15H22FN.C8H17NO/c1-2-14-8-7-13(12-15(14)16)6-5-11-17-9-3-4-10-17;1-2-3-4-5-6-7-8(9)10/h7-8,12H,2-6,9-11H2,1H3;2-7H2,1H3,(H2,9,10). The number of carbonyl (C=O) groups is 1. The maximum absolute atomic E-state index is 13.6. The zero-order chi connectivity index (χ0) is 19.9. The zero-order valence-corrected chi connectivity index (χ0v) is 17.4. The first-order chi connectivity index (χ1) is 13.1. The van der Waals surface area contributed by atoms with Gasteiger partial charge in [0, 0.05) is 6.42 Å². The van der Waals surface area contributed by atoms with Crippen LogP contribution in [0.5, 0.6) is 0 Å². The van der Waals surface area contributed by atoms with Gasteiger partial charge in [0.2, 0.25) is 5.91 Å². The van der Waals surface area contributed by atoms with Gasteiger partial charge in [0.05, 0.1) is 0 Å². The fraction of sp³-hybridized carbons (Fsp3) is 0.696. The molecule has 1 aromatic carbocycles. The molecular weight excluding hydrogens is 339 g/mol. The second-order valence-corrected chi connectivity index (χ2v) is 7.56. The van der Waals surface area contributed by atoms with Gasteiger partial charge in [-0.15, -0.1) is 0 Å². The zero-order valence-electron chi connectivity index (χ0n) is 17.4. The van der Waals surface area contributed by atoms with Crippen molar-refractivity contribution in [1.82, 2.24) is 4.90 Å². The topological polar surface area (TPSA) is 46.3 Å². The molecular formula is C23H39FN2O. The first-order valence-corrected chi connectivity index (χ1v) is 10.8. The van der Waals surface area contributed by atoms with Gasteiger partial charge < -0.3 is 10.6 Å². The maximum atomic E-state index is 13.6. The highest BCUT2D eigenvalue weighted by Crippen LogP contribution is 2.14. The number of amides is 1. The molecule has 0 unspecified atom stereocenters. The van der Waals surface area contributed by atoms with Crippen molar-refractivity contribution in [2.24, 2.45) is 5.73 Å². The van der Waals surface area contributed by atoms with Gasteiger partial charge in [-0.05, 0) is 75.4 Å². The van der Waals surface area contributed by atoms with E-state index in [2.05, 4.69) is 17.9 Å². The molecule has 1 saturated heterocycles. The van der Waals surface area contributed by atoms with E-state index in [0.717, 1.165) is 49.8 Å². The van der Waals surface area contributed by atoms with Gasteiger partial charge in [-0.2, -0.15) is 0 Å². The summed E-state index contributed by atoms with van der Waals surface area (Å²) in [5, 5.41) is 0. The highest BCUT2D eigenvalue weighted by atomic mass is 19.1. The predicted molar refractivity (Wildman–Crippen MR) is 112 cm³/mol. The molecule has 154 valence electrons. The number of nitrogens with two attached hydrogens (primary N) is 1. The summed E-state index contributed by atoms with van der Waals surface area (Å²) in [6.45, 7) is 7.84. The number of benzene rings is 1. The van der Waals surface area contributed by atoms with Gasteiger partial charge in [-0.1, -0.05) is 51.7 Å². The van der Waals surface area contributed by atoms with Crippen molar-refractivity contribution in [2.45, 2.75) is 84.5 Å². The van der Waals surface area contributed by atoms with Crippen molar-refractivity contribution in [1.29, 1.82) is 0 Å². The Kier molecular flexibility index (Phi) is 12.8. The Hall–Kier alpha value is -1.42. The molecule has 0 aromatic heterocycles. The number of likely N-dealkylation sites (tertiary alicyclic amines) is 1. The second-order valence-electron chi connectivity index (χ2n) is 7.56. The average molecular weight is 379 g/mol. The molecule has 0 spiro atoms. The summed E-state index contributed by atoms with van der Waals surface area (Å²) in [5.74, 6) is -0.206. The van der Waals surface area contributed by atoms with Crippen LogP contribution in [-0.2, 0) is 17.6 Å². The van der Waals surface area contributed by atoms with E-state index in [1.807, 2.05) is 13.0 Å². The summed E-state index contributed by atoms with van der Waals surface area (Å²) in [5.41, 5.74) is 6.93. The number of halogens is 1. The van der Waals surface area contributed by atoms with E-state index in [-0.39, 0.29) is 11.7 Å². The highest BCUT2D eigenvalue weighted by molar-refractivity contribution is 5.73. The van der Waals surface area contributed by atoms with Crippen LogP contribution in [0.3, 0.4) is 0 Å². The van der Waals surface area contributed by atoms with E-state index in [9.17, 15) is 9.18 Å². The molecule has 2 N–H and O–H groups in total. The predicted octanol–water partition coefficient (Wildman–Crippen LogP) is 5.25. The molecule has 1 aromatic rings. The fourth-order valence-corrected chi connectivity index (χ4v) is 3.45. The Balaban J connectivity index is 0.000000314. The summed E-state index contributed by atoms with van der Waals surface area (Å²) < 4.78 is 13.6. The normalized spacial score (nSPS) is 14.0. The molecule has 1 heterocycles. The van der Waals surface area contributed by atoms with Crippen LogP contribution in [0.4, 0.5) is 4.39 Å². The van der Waals surface area contributed by atoms with Crippen LogP contribution in [0.1, 0.15) is 82.8 Å². The van der Waals surface area contributed by atoms with Crippen molar-refractivity contribution < 1.29 is 9.18 Å². The van der Waals surface area contributed by atoms with Gasteiger partial charge in [0.15, 0.2) is 0 Å². The number of rotatable bonds is 11. The molecule has 0 bridgehead atoms. The van der Waals surface area contributed by atoms with Crippen LogP contribution in [-0.4, -0.2) is 30.4 Å². The highest BCUT2D eigenvalue weighted by Gasteiger charge is 2.10. The van der Waals surface area contributed by atoms with Crippen LogP contribution in [0.25, 0.3) is 0 Å². The molecule has 0 radical (unpaired) electrons. The third-order valence-corrected chi connectivity index (χ3v) is 5.16. The number of carbonyl (C=O) groups excluding carboxylic acids is 1. The van der Waals surface area contributed by atoms with Crippen LogP contribution in [0.2, 0.25) is 0 Å². The largest absolute Gasteiger partial charge is 0.370 e. The van der Waals surface area contributed by atoms with Gasteiger partial charge in [0.25, 0.3) is 0 Å². The van der Waals surface area contributed by atoms with E-state index in [0.29, 0.717) is 6.42 Å². The second kappa shape index (κ2) is 14.6. The summed E-state index contributed by atoms with van der Waals surface area (Å²) in [6.07, 6.45) is 12.1. The van der Waals surface area contributed by atoms with E-state index < -0.39 is 0 Å². The minimum atomic E-state index is -0.170. The molecule has 0 aliphatic carbocycles. The Morgan fingerprint density at radius 1 is 1.07 bits per heavy atom. The van der Waals surface area contributed by atoms with Crippen LogP contribution in [0.15, 0.2) is 18.2 Å². The fourth-order valence-electron chi connectivity index (χ4n) is 3.45. The van der Waals surface area contributed by atoms with Crippen molar-refractivity contribution in [2.75, 3.05) is 19.6 Å². The lowest BCUT2D eigenvalue weighted by Gasteiger charge is -2.14. The molecule has 1 aliphatic heterocycles. The lowest BCUT2D eigenvalue weighted by molar-refractivity contribution is -0.118. The molecule has 4 heteroatoms. The van der Waals surface area contributed by atoms with Crippen molar-refractivity contribution in [3.05, 3.63) is 35.1 Å². The molecule has 0 atom stereocenters. The monoisotopic (exact) mass is 378 g/mol. The molecule has 0 saturated carbocycles. The first-order valence-electron chi connectivity index (χ1n) is 10.8. The van der Waals surface area contributed by atoms with E-state index in [1.54, 1.807) is 6.07 Å². The summed E-state index contributed by atoms with van der Waals surface area (Å²) in [6, 6.07) is 5.72. The van der Waals surface area contributed by atoms with Crippen molar-refractivity contribution in [3.8, 4) is 0 Å². The Bertz CT molecular complexity index is 527. The van der Waals surface area contributed by atoms with Gasteiger partial charge >= 0.3 is 0 Å². The van der Waals surface area contributed by atoms with Gasteiger partial charge in [-0.25, -0.2) is 4.39 Å². The first kappa shape index (κ1) is 23.6. The summed E-state index contributed by atoms with van der Waals surface area (Å²) in [4.78, 5) is 12.8. The smallest absolute Gasteiger partial charge is 0.217 e. The number of hydrogen-bond acceptors (Lipinski definition) is 2. The number of hydrogen-bond donors (Lipinski definition) is 1. The van der Waals surface area contributed by atoms with Crippen LogP contribution >= 0.6 is 0 Å². The Morgan fingerprint density at radius 2 is 1.78 bits per heavy atom. The van der Waals surface area contributed by atoms with Crippen LogP contribution in [0, 0.1) is 5.82 Å². The third-order valence-electron chi connectivity index (χ3n) is 5.16. The van der Waals surface area contributed by atoms with Gasteiger partial charge in [0.1, 0.15) is 5.82 Å². The molecule has 1 amide bonds. The van der Waals surface area contributed by atoms with E-state index in [4.69, 9.17) is 5.73 Å². The number of aryl methyl sites for hydroxylation is 2. The minimum Gasteiger partial charge on any atom is -0.370 e. The van der Waals surface area contributed by atoms with Crippen LogP contribution < -0.4 is 5.73 Å². The molecule has 3 nitrogen and oxygen atoms in total. The lowest BCUT2D eigenvalue weighted by Crippen LogP contribution is -2.20. The third kappa shape index (κ3) is 11.1. The molecule has 1 fully saturated rings. The lowest BCUT2D eigenvalue weighted by atomic mass is 10.1. The molecule has 1 aliphatic rings. The summed E-state index contributed by atoms with van der Waals surface area (Å²) in [7, 11) is 0. The number of nitrogens with zero attached hydrogens (tertiary/aromatic N) is 1. The Morgan fingerprint density at radius 3 is 2.37 bits per heavy atom. The number of primary amides is 1. The molecule has 27 heavy (non-hydrogen) atoms. The van der Waals surface area contributed by atoms with E-state index >= 15 is 0 Å².